The number of hydrogen-bond acceptors (Lipinski definition) is 3. The van der Waals surface area contributed by atoms with Crippen molar-refractivity contribution in [2.75, 3.05) is 14.7 Å². The molecule has 8 aromatic carbocycles. The maximum Gasteiger partial charge on any atom is 0.273 e. The topological polar surface area (TPSA) is 14.7 Å². The molecule has 0 bridgehead atoms. The van der Waals surface area contributed by atoms with Gasteiger partial charge >= 0.3 is 0 Å². The predicted molar refractivity (Wildman–Crippen MR) is 267 cm³/mol. The lowest BCUT2D eigenvalue weighted by Gasteiger charge is -2.44. The Balaban J connectivity index is 1.16. The minimum atomic E-state index is -0.0157. The van der Waals surface area contributed by atoms with Gasteiger partial charge in [-0.2, -0.15) is 0 Å². The van der Waals surface area contributed by atoms with Crippen molar-refractivity contribution in [2.24, 2.45) is 0 Å². The van der Waals surface area contributed by atoms with Crippen LogP contribution in [0.5, 0.6) is 0 Å². The lowest BCUT2D eigenvalue weighted by molar-refractivity contribution is 0.590. The molecule has 9 aromatic rings. The molecule has 12 rings (SSSR count). The van der Waals surface area contributed by atoms with E-state index in [0.717, 1.165) is 35.6 Å². The summed E-state index contributed by atoms with van der Waals surface area (Å²) in [5, 5.41) is 2.44. The first-order valence-corrected chi connectivity index (χ1v) is 22.6. The van der Waals surface area contributed by atoms with Crippen LogP contribution in [-0.4, -0.2) is 11.3 Å². The number of fused-ring (bicyclic) bond motifs is 7. The standard InChI is InChI=1S/C58H49BN4/c1-58(2,3)41-33-35-45(36-34-41)60(50-30-17-20-40-19-13-14-27-47(40)50)46-37-38-49-54(39-46)61(42-21-7-4-8-22-42)52-31-18-32-53-55(52)59(49)57-56(62(53)43-23-9-5-10-24-43)48-28-15-16-29-51(48)63(57)44-25-11-6-12-26-44/h4-14,17-27,30-39H,15-16,28-29H2,1-3H3. The van der Waals surface area contributed by atoms with Gasteiger partial charge in [-0.05, 0) is 137 Å². The quantitative estimate of drug-likeness (QED) is 0.155. The molecule has 1 aromatic heterocycles. The van der Waals surface area contributed by atoms with E-state index in [2.05, 4.69) is 234 Å². The van der Waals surface area contributed by atoms with Gasteiger partial charge in [-0.3, -0.25) is 0 Å². The van der Waals surface area contributed by atoms with E-state index < -0.39 is 0 Å². The van der Waals surface area contributed by atoms with Crippen molar-refractivity contribution < 1.29 is 0 Å². The average molecular weight is 813 g/mol. The molecule has 0 atom stereocenters. The highest BCUT2D eigenvalue weighted by atomic mass is 15.2. The third kappa shape index (κ3) is 5.97. The van der Waals surface area contributed by atoms with Crippen molar-refractivity contribution in [2.45, 2.75) is 51.9 Å². The second-order valence-corrected chi connectivity index (χ2v) is 18.4. The van der Waals surface area contributed by atoms with E-state index >= 15 is 0 Å². The molecule has 0 saturated heterocycles. The highest BCUT2D eigenvalue weighted by Crippen LogP contribution is 2.49. The SMILES string of the molecule is CC(C)(C)c1ccc(N(c2ccc3c(c2)N(c2ccccc2)c2cccc4c2B3c2c(c3c(n2-c2ccccc2)CCCC3)N4c2ccccc2)c2cccc3ccccc23)cc1. The number of hydrogen-bond donors (Lipinski definition) is 0. The summed E-state index contributed by atoms with van der Waals surface area (Å²) in [5.41, 5.74) is 20.3. The van der Waals surface area contributed by atoms with Gasteiger partial charge in [0.05, 0.1) is 11.4 Å². The Morgan fingerprint density at radius 1 is 0.508 bits per heavy atom. The fourth-order valence-corrected chi connectivity index (χ4v) is 10.9. The summed E-state index contributed by atoms with van der Waals surface area (Å²) >= 11 is 0. The Morgan fingerprint density at radius 3 is 1.81 bits per heavy atom. The summed E-state index contributed by atoms with van der Waals surface area (Å²) < 4.78 is 2.67. The summed E-state index contributed by atoms with van der Waals surface area (Å²) in [5.74, 6) is 0. The first kappa shape index (κ1) is 37.5. The molecule has 63 heavy (non-hydrogen) atoms. The summed E-state index contributed by atoms with van der Waals surface area (Å²) in [4.78, 5) is 7.60. The van der Waals surface area contributed by atoms with Gasteiger partial charge in [0.2, 0.25) is 0 Å². The zero-order valence-corrected chi connectivity index (χ0v) is 36.2. The van der Waals surface area contributed by atoms with E-state index in [9.17, 15) is 0 Å². The van der Waals surface area contributed by atoms with Crippen molar-refractivity contribution in [3.05, 3.63) is 211 Å². The number of benzene rings is 8. The van der Waals surface area contributed by atoms with Gasteiger partial charge < -0.3 is 19.3 Å². The van der Waals surface area contributed by atoms with Crippen molar-refractivity contribution in [1.82, 2.24) is 4.57 Å². The van der Waals surface area contributed by atoms with E-state index in [-0.39, 0.29) is 12.1 Å². The summed E-state index contributed by atoms with van der Waals surface area (Å²) in [6, 6.07) is 72.2. The van der Waals surface area contributed by atoms with Crippen molar-refractivity contribution in [3.8, 4) is 5.69 Å². The smallest absolute Gasteiger partial charge is 0.273 e. The van der Waals surface area contributed by atoms with Gasteiger partial charge in [0.1, 0.15) is 0 Å². The number of aromatic nitrogens is 1. The van der Waals surface area contributed by atoms with Crippen LogP contribution in [-0.2, 0) is 18.3 Å². The second kappa shape index (κ2) is 14.7. The highest BCUT2D eigenvalue weighted by molar-refractivity contribution is 7.00. The monoisotopic (exact) mass is 812 g/mol. The van der Waals surface area contributed by atoms with E-state index in [1.54, 1.807) is 0 Å². The minimum Gasteiger partial charge on any atom is -0.323 e. The molecule has 2 aliphatic heterocycles. The van der Waals surface area contributed by atoms with Crippen LogP contribution in [0.25, 0.3) is 16.5 Å². The fraction of sp³-hybridized carbons (Fsp3) is 0.138. The summed E-state index contributed by atoms with van der Waals surface area (Å²) in [6.45, 7) is 6.85. The molecule has 0 fully saturated rings. The van der Waals surface area contributed by atoms with E-state index in [1.165, 1.54) is 91.1 Å². The lowest BCUT2D eigenvalue weighted by atomic mass is 9.35. The molecule has 0 unspecified atom stereocenters. The van der Waals surface area contributed by atoms with Crippen molar-refractivity contribution >= 4 is 85.2 Å². The Labute approximate surface area is 371 Å². The van der Waals surface area contributed by atoms with Gasteiger partial charge in [-0.15, -0.1) is 0 Å². The van der Waals surface area contributed by atoms with Crippen LogP contribution >= 0.6 is 0 Å². The maximum atomic E-state index is 2.67. The van der Waals surface area contributed by atoms with Crippen LogP contribution in [0.4, 0.5) is 51.2 Å². The summed E-state index contributed by atoms with van der Waals surface area (Å²) in [7, 11) is 0. The van der Waals surface area contributed by atoms with Crippen LogP contribution < -0.4 is 31.2 Å². The van der Waals surface area contributed by atoms with Gasteiger partial charge in [0.15, 0.2) is 0 Å². The first-order valence-electron chi connectivity index (χ1n) is 22.6. The van der Waals surface area contributed by atoms with Gasteiger partial charge in [0, 0.05) is 62.2 Å². The summed E-state index contributed by atoms with van der Waals surface area (Å²) in [6.07, 6.45) is 4.52. The molecule has 0 radical (unpaired) electrons. The first-order chi connectivity index (χ1) is 30.9. The van der Waals surface area contributed by atoms with E-state index in [4.69, 9.17) is 0 Å². The minimum absolute atomic E-state index is 0.0157. The molecule has 3 aliphatic rings. The largest absolute Gasteiger partial charge is 0.323 e. The van der Waals surface area contributed by atoms with Crippen LogP contribution in [0, 0.1) is 0 Å². The van der Waals surface area contributed by atoms with Crippen molar-refractivity contribution in [1.29, 1.82) is 0 Å². The molecule has 4 nitrogen and oxygen atoms in total. The molecular weight excluding hydrogens is 763 g/mol. The second-order valence-electron chi connectivity index (χ2n) is 18.4. The molecule has 304 valence electrons. The van der Waals surface area contributed by atoms with Crippen LogP contribution in [0.3, 0.4) is 0 Å². The fourth-order valence-electron chi connectivity index (χ4n) is 10.9. The maximum absolute atomic E-state index is 2.67. The average Bonchev–Trinajstić information content (AvgIpc) is 3.67. The number of rotatable bonds is 6. The zero-order valence-electron chi connectivity index (χ0n) is 36.2. The van der Waals surface area contributed by atoms with Crippen molar-refractivity contribution in [3.63, 3.8) is 0 Å². The van der Waals surface area contributed by atoms with E-state index in [0.29, 0.717) is 0 Å². The molecule has 0 saturated carbocycles. The predicted octanol–water partition coefficient (Wildman–Crippen LogP) is 13.4. The van der Waals surface area contributed by atoms with Gasteiger partial charge in [0.25, 0.3) is 6.71 Å². The number of para-hydroxylation sites is 3. The highest BCUT2D eigenvalue weighted by Gasteiger charge is 2.47. The van der Waals surface area contributed by atoms with Gasteiger partial charge in [-0.1, -0.05) is 136 Å². The normalized spacial score (nSPS) is 13.9. The lowest BCUT2D eigenvalue weighted by Crippen LogP contribution is -2.63. The zero-order chi connectivity index (χ0) is 42.2. The molecule has 0 spiro atoms. The third-order valence-electron chi connectivity index (χ3n) is 13.7. The third-order valence-corrected chi connectivity index (χ3v) is 13.7. The Kier molecular flexibility index (Phi) is 8.76. The Morgan fingerprint density at radius 2 is 1.10 bits per heavy atom. The molecule has 3 heterocycles. The molecule has 1 aliphatic carbocycles. The molecule has 0 amide bonds. The molecule has 0 N–H and O–H groups in total. The van der Waals surface area contributed by atoms with E-state index in [1.807, 2.05) is 0 Å². The Bertz CT molecular complexity index is 3160. The number of nitrogens with zero attached hydrogens (tertiary/aromatic N) is 4. The van der Waals surface area contributed by atoms with Crippen LogP contribution in [0.15, 0.2) is 194 Å². The van der Waals surface area contributed by atoms with Crippen LogP contribution in [0.2, 0.25) is 0 Å². The van der Waals surface area contributed by atoms with Gasteiger partial charge in [-0.25, -0.2) is 0 Å². The Hall–Kier alpha value is -7.24. The van der Waals surface area contributed by atoms with Crippen LogP contribution in [0.1, 0.15) is 50.4 Å². The number of anilines is 9. The molecular formula is C58H49BN4. The molecule has 5 heteroatoms.